The molecule has 3 aromatic carbocycles. The van der Waals surface area contributed by atoms with Crippen molar-refractivity contribution in [2.45, 2.75) is 24.1 Å². The molecule has 27 heavy (non-hydrogen) atoms. The second kappa shape index (κ2) is 9.45. The van der Waals surface area contributed by atoms with Gasteiger partial charge in [0.25, 0.3) is 0 Å². The first-order valence-electron chi connectivity index (χ1n) is 9.14. The molecule has 0 fully saturated rings. The van der Waals surface area contributed by atoms with Gasteiger partial charge in [-0.15, -0.1) is 0 Å². The van der Waals surface area contributed by atoms with Crippen molar-refractivity contribution in [2.75, 3.05) is 9.36 Å². The summed E-state index contributed by atoms with van der Waals surface area (Å²) in [7, 11) is 0. The molecule has 0 aliphatic rings. The monoisotopic (exact) mass is 509 g/mol. The van der Waals surface area contributed by atoms with Gasteiger partial charge in [0, 0.05) is 0 Å². The van der Waals surface area contributed by atoms with E-state index in [0.717, 1.165) is 16.7 Å². The third-order valence-corrected chi connectivity index (χ3v) is 7.94. The summed E-state index contributed by atoms with van der Waals surface area (Å²) in [6.45, 7) is 2.28. The predicted octanol–water partition coefficient (Wildman–Crippen LogP) is 4.08. The molecule has 0 heterocycles. The molecule has 0 aromatic heterocycles. The molecule has 0 aliphatic heterocycles. The van der Waals surface area contributed by atoms with Gasteiger partial charge in [0.05, 0.1) is 0 Å². The molecule has 0 N–H and O–H groups in total. The van der Waals surface area contributed by atoms with Gasteiger partial charge < -0.3 is 0 Å². The van der Waals surface area contributed by atoms with Crippen molar-refractivity contribution in [3.05, 3.63) is 106 Å². The van der Waals surface area contributed by atoms with Crippen LogP contribution in [-0.2, 0) is 4.87 Å². The van der Waals surface area contributed by atoms with Crippen LogP contribution < -0.4 is 21.2 Å². The Morgan fingerprint density at radius 1 is 0.852 bits per heavy atom. The molecule has 0 radical (unpaired) electrons. The van der Waals surface area contributed by atoms with Crippen LogP contribution in [0.1, 0.15) is 41.5 Å². The molecule has 2 atom stereocenters. The fourth-order valence-electron chi connectivity index (χ4n) is 3.49. The van der Waals surface area contributed by atoms with E-state index in [9.17, 15) is 0 Å². The average Bonchev–Trinajstić information content (AvgIpc) is 2.72. The van der Waals surface area contributed by atoms with Gasteiger partial charge in [0.2, 0.25) is 0 Å². The van der Waals surface area contributed by atoms with E-state index in [2.05, 4.69) is 48.3 Å². The van der Waals surface area contributed by atoms with Crippen LogP contribution >= 0.6 is 23.2 Å². The molecule has 3 rings (SSSR count). The van der Waals surface area contributed by atoms with Crippen LogP contribution in [0, 0.1) is 0 Å². The van der Waals surface area contributed by atoms with Gasteiger partial charge in [0.15, 0.2) is 0 Å². The summed E-state index contributed by atoms with van der Waals surface area (Å²) < 4.78 is 1.32. The summed E-state index contributed by atoms with van der Waals surface area (Å²) in [5.74, 6) is 0.651. The Morgan fingerprint density at radius 3 is 2.04 bits per heavy atom. The topological polar surface area (TPSA) is 0 Å². The van der Waals surface area contributed by atoms with Gasteiger partial charge in [-0.2, -0.15) is 0 Å². The number of hydrogen-bond donors (Lipinski definition) is 0. The summed E-state index contributed by atoms with van der Waals surface area (Å²) >= 11 is 14.2. The number of rotatable bonds is 7. The minimum absolute atomic E-state index is 0.283. The molecule has 3 aromatic rings. The third-order valence-electron chi connectivity index (χ3n) is 5.03. The van der Waals surface area contributed by atoms with Crippen molar-refractivity contribution in [3.63, 3.8) is 0 Å². The first-order chi connectivity index (χ1) is 13.1. The van der Waals surface area contributed by atoms with E-state index in [4.69, 9.17) is 23.2 Å². The standard InChI is InChI=1S/C24H24Cl2I/c1-3-18(17-27-2)19-13-15-21(16-14-19)24(26,20-9-5-4-6-10-20)22-11-7-8-12-23(22)25/h4-16,18H,3,17H2,1-2H3/q-1. The van der Waals surface area contributed by atoms with Crippen molar-refractivity contribution in [3.8, 4) is 0 Å². The molecule has 0 bridgehead atoms. The molecule has 0 saturated heterocycles. The van der Waals surface area contributed by atoms with Crippen LogP contribution in [-0.4, -0.2) is 9.36 Å². The molecular formula is C24H24Cl2I-. The maximum atomic E-state index is 7.37. The molecule has 142 valence electrons. The first-order valence-corrected chi connectivity index (χ1v) is 13.6. The third kappa shape index (κ3) is 4.36. The zero-order chi connectivity index (χ0) is 19.3. The maximum absolute atomic E-state index is 7.37. The van der Waals surface area contributed by atoms with Crippen molar-refractivity contribution in [2.24, 2.45) is 0 Å². The van der Waals surface area contributed by atoms with Crippen LogP contribution in [0.4, 0.5) is 0 Å². The van der Waals surface area contributed by atoms with Crippen LogP contribution in [0.3, 0.4) is 0 Å². The Morgan fingerprint density at radius 2 is 1.44 bits per heavy atom. The van der Waals surface area contributed by atoms with E-state index in [1.807, 2.05) is 42.5 Å². The van der Waals surface area contributed by atoms with Crippen molar-refractivity contribution in [1.82, 2.24) is 0 Å². The predicted molar refractivity (Wildman–Crippen MR) is 114 cm³/mol. The Bertz CT molecular complexity index is 861. The van der Waals surface area contributed by atoms with E-state index < -0.39 is 4.87 Å². The van der Waals surface area contributed by atoms with Gasteiger partial charge in [-0.05, 0) is 0 Å². The van der Waals surface area contributed by atoms with E-state index in [1.54, 1.807) is 0 Å². The van der Waals surface area contributed by atoms with Crippen molar-refractivity contribution >= 4 is 23.2 Å². The molecule has 3 heteroatoms. The molecule has 2 unspecified atom stereocenters. The molecular weight excluding hydrogens is 486 g/mol. The summed E-state index contributed by atoms with van der Waals surface area (Å²) in [6, 6.07) is 26.9. The Hall–Kier alpha value is -1.03. The van der Waals surface area contributed by atoms with Gasteiger partial charge in [-0.1, -0.05) is 0 Å². The fraction of sp³-hybridized carbons (Fsp3) is 0.250. The molecule has 0 saturated carbocycles. The molecule has 0 aliphatic carbocycles. The van der Waals surface area contributed by atoms with Crippen LogP contribution in [0.25, 0.3) is 0 Å². The second-order valence-electron chi connectivity index (χ2n) is 6.65. The van der Waals surface area contributed by atoms with E-state index in [0.29, 0.717) is 10.9 Å². The van der Waals surface area contributed by atoms with Crippen molar-refractivity contribution < 1.29 is 21.2 Å². The SMILES string of the molecule is CCC(C[I-]C)c1ccc(C(Cl)(c2ccccc2)c2ccccc2Cl)cc1. The Balaban J connectivity index is 2.11. The van der Waals surface area contributed by atoms with Crippen molar-refractivity contribution in [1.29, 1.82) is 0 Å². The number of alkyl halides is 3. The zero-order valence-electron chi connectivity index (χ0n) is 15.6. The Labute approximate surface area is 183 Å². The quantitative estimate of drug-likeness (QED) is 0.256. The van der Waals surface area contributed by atoms with Gasteiger partial charge in [-0.25, -0.2) is 0 Å². The fourth-order valence-corrected chi connectivity index (χ4v) is 6.43. The summed E-state index contributed by atoms with van der Waals surface area (Å²) in [6.07, 6.45) is 1.18. The zero-order valence-corrected chi connectivity index (χ0v) is 19.3. The van der Waals surface area contributed by atoms with E-state index in [1.165, 1.54) is 16.4 Å². The summed E-state index contributed by atoms with van der Waals surface area (Å²) in [4.78, 5) is 1.55. The minimum atomic E-state index is -0.808. The van der Waals surface area contributed by atoms with Gasteiger partial charge >= 0.3 is 184 Å². The van der Waals surface area contributed by atoms with Crippen LogP contribution in [0.5, 0.6) is 0 Å². The van der Waals surface area contributed by atoms with Crippen LogP contribution in [0.15, 0.2) is 78.9 Å². The van der Waals surface area contributed by atoms with E-state index >= 15 is 0 Å². The average molecular weight is 510 g/mol. The van der Waals surface area contributed by atoms with Crippen LogP contribution in [0.2, 0.25) is 5.02 Å². The number of hydrogen-bond acceptors (Lipinski definition) is 0. The Kier molecular flexibility index (Phi) is 7.24. The molecule has 0 nitrogen and oxygen atoms in total. The van der Waals surface area contributed by atoms with Gasteiger partial charge in [-0.3, -0.25) is 0 Å². The number of benzene rings is 3. The first kappa shape index (κ1) is 20.7. The summed E-state index contributed by atoms with van der Waals surface area (Å²) in [5.41, 5.74) is 4.40. The number of halogens is 3. The summed E-state index contributed by atoms with van der Waals surface area (Å²) in [5, 5.41) is 0.683. The second-order valence-corrected chi connectivity index (χ2v) is 10.0. The molecule has 0 spiro atoms. The van der Waals surface area contributed by atoms with E-state index in [-0.39, 0.29) is 21.2 Å². The molecule has 0 amide bonds. The van der Waals surface area contributed by atoms with Gasteiger partial charge in [0.1, 0.15) is 0 Å². The normalized spacial score (nSPS) is 14.7.